The van der Waals surface area contributed by atoms with Crippen LogP contribution < -0.4 is 4.74 Å². The van der Waals surface area contributed by atoms with Crippen LogP contribution in [0.25, 0.3) is 0 Å². The van der Waals surface area contributed by atoms with E-state index in [9.17, 15) is 4.79 Å². The van der Waals surface area contributed by atoms with Crippen LogP contribution in [0.15, 0.2) is 36.5 Å². The summed E-state index contributed by atoms with van der Waals surface area (Å²) in [7, 11) is 0. The van der Waals surface area contributed by atoms with Gasteiger partial charge in [-0.1, -0.05) is 35.9 Å². The van der Waals surface area contributed by atoms with Crippen molar-refractivity contribution in [1.29, 1.82) is 0 Å². The average molecular weight is 279 g/mol. The molecule has 0 spiro atoms. The van der Waals surface area contributed by atoms with Crippen molar-refractivity contribution in [2.45, 2.75) is 13.0 Å². The molecule has 0 radical (unpaired) electrons. The van der Waals surface area contributed by atoms with Crippen LogP contribution in [0.1, 0.15) is 11.1 Å². The lowest BCUT2D eigenvalue weighted by Gasteiger charge is -2.06. The molecule has 19 heavy (non-hydrogen) atoms. The number of aliphatic carboxylic acids is 1. The SMILES string of the molecule is O=C(O)Cc1ccc(COc2cnnc(Cl)c2)cc1. The molecule has 0 aliphatic rings. The highest BCUT2D eigenvalue weighted by atomic mass is 35.5. The van der Waals surface area contributed by atoms with Gasteiger partial charge in [0.2, 0.25) is 0 Å². The van der Waals surface area contributed by atoms with Crippen molar-refractivity contribution >= 4 is 17.6 Å². The van der Waals surface area contributed by atoms with Gasteiger partial charge >= 0.3 is 5.97 Å². The molecule has 1 N–H and O–H groups in total. The molecule has 1 aromatic carbocycles. The molecule has 0 aliphatic heterocycles. The second-order valence-electron chi connectivity index (χ2n) is 3.89. The van der Waals surface area contributed by atoms with Gasteiger partial charge in [0.05, 0.1) is 12.6 Å². The van der Waals surface area contributed by atoms with E-state index in [-0.39, 0.29) is 11.6 Å². The quantitative estimate of drug-likeness (QED) is 0.909. The first kappa shape index (κ1) is 13.3. The first-order valence-corrected chi connectivity index (χ1v) is 5.92. The zero-order valence-corrected chi connectivity index (χ0v) is 10.7. The van der Waals surface area contributed by atoms with E-state index in [0.29, 0.717) is 12.4 Å². The highest BCUT2D eigenvalue weighted by molar-refractivity contribution is 6.29. The van der Waals surface area contributed by atoms with Gasteiger partial charge in [0, 0.05) is 6.07 Å². The Bertz CT molecular complexity index is 572. The number of carbonyl (C=O) groups is 1. The van der Waals surface area contributed by atoms with Crippen LogP contribution in [0.5, 0.6) is 5.75 Å². The number of halogens is 1. The van der Waals surface area contributed by atoms with Gasteiger partial charge in [-0.25, -0.2) is 0 Å². The Kier molecular flexibility index (Phi) is 4.30. The highest BCUT2D eigenvalue weighted by Crippen LogP contribution is 2.15. The summed E-state index contributed by atoms with van der Waals surface area (Å²) in [5, 5.41) is 16.2. The third-order valence-electron chi connectivity index (χ3n) is 2.38. The van der Waals surface area contributed by atoms with E-state index in [1.807, 2.05) is 12.1 Å². The molecule has 0 amide bonds. The minimum Gasteiger partial charge on any atom is -0.487 e. The monoisotopic (exact) mass is 278 g/mol. The highest BCUT2D eigenvalue weighted by Gasteiger charge is 2.02. The van der Waals surface area contributed by atoms with Gasteiger partial charge in [0.25, 0.3) is 0 Å². The number of benzene rings is 1. The van der Waals surface area contributed by atoms with Crippen LogP contribution in [0.4, 0.5) is 0 Å². The summed E-state index contributed by atoms with van der Waals surface area (Å²) in [6.45, 7) is 0.357. The maximum atomic E-state index is 10.5. The molecule has 1 aromatic heterocycles. The Morgan fingerprint density at radius 1 is 1.26 bits per heavy atom. The summed E-state index contributed by atoms with van der Waals surface area (Å²) in [5.41, 5.74) is 1.69. The molecule has 0 bridgehead atoms. The molecule has 5 nitrogen and oxygen atoms in total. The lowest BCUT2D eigenvalue weighted by Crippen LogP contribution is -2.01. The number of aromatic nitrogens is 2. The first-order chi connectivity index (χ1) is 9.13. The molecule has 1 heterocycles. The van der Waals surface area contributed by atoms with Crippen molar-refractivity contribution in [2.75, 3.05) is 0 Å². The Labute approximate surface area is 114 Å². The largest absolute Gasteiger partial charge is 0.487 e. The van der Waals surface area contributed by atoms with Crippen LogP contribution >= 0.6 is 11.6 Å². The Hall–Kier alpha value is -2.14. The van der Waals surface area contributed by atoms with Crippen molar-refractivity contribution in [1.82, 2.24) is 10.2 Å². The van der Waals surface area contributed by atoms with Crippen LogP contribution in [-0.2, 0) is 17.8 Å². The number of nitrogens with zero attached hydrogens (tertiary/aromatic N) is 2. The van der Waals surface area contributed by atoms with Crippen LogP contribution in [0.3, 0.4) is 0 Å². The van der Waals surface area contributed by atoms with Gasteiger partial charge in [0.1, 0.15) is 12.4 Å². The molecule has 2 rings (SSSR count). The van der Waals surface area contributed by atoms with Crippen LogP contribution in [-0.4, -0.2) is 21.3 Å². The van der Waals surface area contributed by atoms with Crippen molar-refractivity contribution in [3.8, 4) is 5.75 Å². The number of carboxylic acid groups (broad SMARTS) is 1. The Morgan fingerprint density at radius 2 is 1.95 bits per heavy atom. The van der Waals surface area contributed by atoms with E-state index in [1.54, 1.807) is 18.2 Å². The predicted molar refractivity (Wildman–Crippen MR) is 69.2 cm³/mol. The normalized spacial score (nSPS) is 10.2. The number of ether oxygens (including phenoxy) is 1. The fraction of sp³-hybridized carbons (Fsp3) is 0.154. The topological polar surface area (TPSA) is 72.3 Å². The van der Waals surface area contributed by atoms with Crippen molar-refractivity contribution in [2.24, 2.45) is 0 Å². The maximum absolute atomic E-state index is 10.5. The smallest absolute Gasteiger partial charge is 0.307 e. The fourth-order valence-electron chi connectivity index (χ4n) is 1.50. The second kappa shape index (κ2) is 6.15. The van der Waals surface area contributed by atoms with E-state index >= 15 is 0 Å². The Morgan fingerprint density at radius 3 is 2.58 bits per heavy atom. The molecule has 0 saturated heterocycles. The minimum absolute atomic E-state index is 0.0189. The van der Waals surface area contributed by atoms with Gasteiger partial charge < -0.3 is 9.84 Å². The summed E-state index contributed by atoms with van der Waals surface area (Å²) >= 11 is 5.69. The lowest BCUT2D eigenvalue weighted by atomic mass is 10.1. The molecule has 0 unspecified atom stereocenters. The zero-order chi connectivity index (χ0) is 13.7. The summed E-state index contributed by atoms with van der Waals surface area (Å²) < 4.78 is 5.49. The predicted octanol–water partition coefficient (Wildman–Crippen LogP) is 2.34. The van der Waals surface area contributed by atoms with E-state index in [0.717, 1.165) is 11.1 Å². The van der Waals surface area contributed by atoms with Gasteiger partial charge in [-0.05, 0) is 11.1 Å². The average Bonchev–Trinajstić information content (AvgIpc) is 2.37. The number of hydrogen-bond donors (Lipinski definition) is 1. The maximum Gasteiger partial charge on any atom is 0.307 e. The van der Waals surface area contributed by atoms with E-state index in [2.05, 4.69) is 10.2 Å². The van der Waals surface area contributed by atoms with Crippen molar-refractivity contribution in [3.05, 3.63) is 52.8 Å². The lowest BCUT2D eigenvalue weighted by molar-refractivity contribution is -0.136. The fourth-order valence-corrected chi connectivity index (χ4v) is 1.65. The van der Waals surface area contributed by atoms with Gasteiger partial charge in [-0.3, -0.25) is 4.79 Å². The Balaban J connectivity index is 1.94. The van der Waals surface area contributed by atoms with Gasteiger partial charge in [-0.15, -0.1) is 5.10 Å². The summed E-state index contributed by atoms with van der Waals surface area (Å²) in [5.74, 6) is -0.309. The van der Waals surface area contributed by atoms with Crippen molar-refractivity contribution < 1.29 is 14.6 Å². The van der Waals surface area contributed by atoms with Crippen molar-refractivity contribution in [3.63, 3.8) is 0 Å². The molecule has 0 fully saturated rings. The van der Waals surface area contributed by atoms with E-state index in [4.69, 9.17) is 21.4 Å². The van der Waals surface area contributed by atoms with Gasteiger partial charge in [-0.2, -0.15) is 5.10 Å². The van der Waals surface area contributed by atoms with Crippen LogP contribution in [0, 0.1) is 0 Å². The second-order valence-corrected chi connectivity index (χ2v) is 4.28. The summed E-state index contributed by atoms with van der Waals surface area (Å²) in [6, 6.07) is 8.77. The number of carboxylic acids is 1. The molecule has 6 heteroatoms. The molecule has 0 atom stereocenters. The zero-order valence-electron chi connectivity index (χ0n) is 9.91. The molecule has 98 valence electrons. The minimum atomic E-state index is -0.846. The molecule has 0 aliphatic carbocycles. The summed E-state index contributed by atoms with van der Waals surface area (Å²) in [6.07, 6.45) is 1.50. The summed E-state index contributed by atoms with van der Waals surface area (Å²) in [4.78, 5) is 10.5. The third-order valence-corrected chi connectivity index (χ3v) is 2.57. The van der Waals surface area contributed by atoms with E-state index in [1.165, 1.54) is 6.20 Å². The van der Waals surface area contributed by atoms with Gasteiger partial charge in [0.15, 0.2) is 5.15 Å². The molecule has 0 saturated carbocycles. The first-order valence-electron chi connectivity index (χ1n) is 5.54. The molecule has 2 aromatic rings. The number of hydrogen-bond acceptors (Lipinski definition) is 4. The van der Waals surface area contributed by atoms with Crippen LogP contribution in [0.2, 0.25) is 5.15 Å². The third kappa shape index (κ3) is 4.22. The van der Waals surface area contributed by atoms with E-state index < -0.39 is 5.97 Å². The molecular formula is C13H11ClN2O3. The number of rotatable bonds is 5. The standard InChI is InChI=1S/C13H11ClN2O3/c14-12-6-11(7-15-16-12)19-8-10-3-1-9(2-4-10)5-13(17)18/h1-4,6-7H,5,8H2,(H,17,18). The molecular weight excluding hydrogens is 268 g/mol.